The Kier molecular flexibility index (Phi) is 9.91. The molecule has 0 aliphatic rings. The molecule has 0 aromatic heterocycles. The van der Waals surface area contributed by atoms with Crippen molar-refractivity contribution in [2.75, 3.05) is 13.1 Å². The summed E-state index contributed by atoms with van der Waals surface area (Å²) in [6.45, 7) is 2.79. The largest absolute Gasteiger partial charge is 0.600 e. The second-order valence-corrected chi connectivity index (χ2v) is 3.41. The fourth-order valence-corrected chi connectivity index (χ4v) is 1.73. The molecule has 0 bridgehead atoms. The van der Waals surface area contributed by atoms with Gasteiger partial charge in [-0.3, -0.25) is 0 Å². The molecular formula is C8H22ClN3O2. The van der Waals surface area contributed by atoms with Crippen LogP contribution < -0.4 is 16.7 Å². The van der Waals surface area contributed by atoms with Gasteiger partial charge >= 0.3 is 0 Å². The Labute approximate surface area is 91.4 Å². The molecule has 6 N–H and O–H groups in total. The normalized spacial score (nSPS) is 13.5. The van der Waals surface area contributed by atoms with Gasteiger partial charge in [0.15, 0.2) is 0 Å². The van der Waals surface area contributed by atoms with Gasteiger partial charge in [0, 0.05) is 19.3 Å². The van der Waals surface area contributed by atoms with Crippen LogP contribution in [0.5, 0.6) is 0 Å². The van der Waals surface area contributed by atoms with Gasteiger partial charge in [0.2, 0.25) is 0 Å². The Morgan fingerprint density at radius 2 is 1.64 bits per heavy atom. The highest BCUT2D eigenvalue weighted by molar-refractivity contribution is 5.85. The third-order valence-electron chi connectivity index (χ3n) is 2.43. The molecule has 0 aromatic carbocycles. The van der Waals surface area contributed by atoms with Gasteiger partial charge in [-0.25, -0.2) is 10.4 Å². The number of nitrogens with two attached hydrogens (primary N) is 2. The van der Waals surface area contributed by atoms with Gasteiger partial charge in [0.1, 0.15) is 5.54 Å². The van der Waals surface area contributed by atoms with Crippen LogP contribution >= 0.6 is 12.4 Å². The average Bonchev–Trinajstić information content (AvgIpc) is 2.05. The average molecular weight is 228 g/mol. The second kappa shape index (κ2) is 8.40. The standard InChI is InChI=1S/C8H21N3O2.ClH/c1-2-3-8(4-6-9,5-7-10)11(12)13;/h11-12H,2-7,9-10H2,1H3;1H. The predicted octanol–water partition coefficient (Wildman–Crippen LogP) is -0.583. The summed E-state index contributed by atoms with van der Waals surface area (Å²) in [5.41, 5.74) is 10.1. The van der Waals surface area contributed by atoms with E-state index in [1.165, 1.54) is 0 Å². The molecular weight excluding hydrogens is 206 g/mol. The molecule has 0 aromatic rings. The van der Waals surface area contributed by atoms with E-state index in [2.05, 4.69) is 0 Å². The van der Waals surface area contributed by atoms with Crippen molar-refractivity contribution < 1.29 is 10.4 Å². The maximum atomic E-state index is 11.1. The minimum Gasteiger partial charge on any atom is -0.600 e. The molecule has 1 unspecified atom stereocenters. The lowest BCUT2D eigenvalue weighted by Gasteiger charge is -2.37. The van der Waals surface area contributed by atoms with Crippen LogP contribution in [-0.2, 0) is 0 Å². The highest BCUT2D eigenvalue weighted by atomic mass is 35.5. The smallest absolute Gasteiger partial charge is 0.129 e. The van der Waals surface area contributed by atoms with Gasteiger partial charge in [-0.15, -0.1) is 12.4 Å². The van der Waals surface area contributed by atoms with E-state index in [4.69, 9.17) is 16.7 Å². The lowest BCUT2D eigenvalue weighted by atomic mass is 9.87. The zero-order valence-electron chi connectivity index (χ0n) is 8.66. The molecule has 0 radical (unpaired) electrons. The number of hydrogen-bond acceptors (Lipinski definition) is 4. The molecule has 0 spiro atoms. The number of rotatable bonds is 7. The van der Waals surface area contributed by atoms with Crippen LogP contribution in [0.4, 0.5) is 0 Å². The van der Waals surface area contributed by atoms with E-state index in [1.54, 1.807) is 0 Å². The SMILES string of the molecule is CCCC(CCN)(CCN)[NH+]([O-])O.Cl. The van der Waals surface area contributed by atoms with Crippen molar-refractivity contribution in [2.45, 2.75) is 38.1 Å². The highest BCUT2D eigenvalue weighted by Crippen LogP contribution is 2.16. The lowest BCUT2D eigenvalue weighted by molar-refractivity contribution is -1.09. The van der Waals surface area contributed by atoms with Gasteiger partial charge in [-0.1, -0.05) is 13.3 Å². The molecule has 0 rings (SSSR count). The first-order valence-corrected chi connectivity index (χ1v) is 4.76. The van der Waals surface area contributed by atoms with Crippen molar-refractivity contribution in [3.63, 3.8) is 0 Å². The summed E-state index contributed by atoms with van der Waals surface area (Å²) >= 11 is 0. The maximum absolute atomic E-state index is 11.1. The summed E-state index contributed by atoms with van der Waals surface area (Å²) in [4.78, 5) is 0. The number of nitrogens with one attached hydrogen (secondary N) is 1. The summed E-state index contributed by atoms with van der Waals surface area (Å²) in [6, 6.07) is 0. The van der Waals surface area contributed by atoms with Crippen LogP contribution in [0.25, 0.3) is 0 Å². The molecule has 14 heavy (non-hydrogen) atoms. The van der Waals surface area contributed by atoms with Crippen molar-refractivity contribution >= 4 is 12.4 Å². The quantitative estimate of drug-likeness (QED) is 0.437. The molecule has 0 heterocycles. The van der Waals surface area contributed by atoms with E-state index >= 15 is 0 Å². The molecule has 0 saturated heterocycles. The van der Waals surface area contributed by atoms with Crippen LogP contribution in [0.1, 0.15) is 32.6 Å². The minimum atomic E-state index is -0.759. The number of hydrogen-bond donors (Lipinski definition) is 4. The Balaban J connectivity index is 0. The molecule has 88 valence electrons. The van der Waals surface area contributed by atoms with Crippen LogP contribution in [0, 0.1) is 5.21 Å². The third-order valence-corrected chi connectivity index (χ3v) is 2.43. The summed E-state index contributed by atoms with van der Waals surface area (Å²) in [5.74, 6) is 0. The van der Waals surface area contributed by atoms with E-state index in [-0.39, 0.29) is 12.4 Å². The summed E-state index contributed by atoms with van der Waals surface area (Å²) in [5, 5.41) is 19.4. The topological polar surface area (TPSA) is 99.8 Å². The predicted molar refractivity (Wildman–Crippen MR) is 58.3 cm³/mol. The first-order valence-electron chi connectivity index (χ1n) is 4.76. The van der Waals surface area contributed by atoms with Gasteiger partial charge in [-0.05, 0) is 13.1 Å². The molecule has 1 atom stereocenters. The zero-order valence-corrected chi connectivity index (χ0v) is 9.48. The van der Waals surface area contributed by atoms with Crippen LogP contribution in [0.15, 0.2) is 0 Å². The van der Waals surface area contributed by atoms with E-state index in [0.717, 1.165) is 6.42 Å². The zero-order chi connectivity index (χ0) is 10.3. The van der Waals surface area contributed by atoms with Gasteiger partial charge < -0.3 is 16.7 Å². The Morgan fingerprint density at radius 3 is 1.86 bits per heavy atom. The molecule has 6 heteroatoms. The van der Waals surface area contributed by atoms with Crippen LogP contribution in [-0.4, -0.2) is 23.8 Å². The monoisotopic (exact) mass is 227 g/mol. The van der Waals surface area contributed by atoms with Crippen molar-refractivity contribution in [3.8, 4) is 0 Å². The van der Waals surface area contributed by atoms with Gasteiger partial charge in [0.05, 0.1) is 0 Å². The molecule has 0 saturated carbocycles. The Hall–Kier alpha value is 0.0900. The number of halogens is 1. The number of quaternary nitrogens is 1. The number of hydroxylamine groups is 2. The van der Waals surface area contributed by atoms with E-state index < -0.39 is 10.8 Å². The second-order valence-electron chi connectivity index (χ2n) is 3.41. The van der Waals surface area contributed by atoms with E-state index in [1.807, 2.05) is 6.92 Å². The Morgan fingerprint density at radius 1 is 1.21 bits per heavy atom. The van der Waals surface area contributed by atoms with Crippen LogP contribution in [0.3, 0.4) is 0 Å². The van der Waals surface area contributed by atoms with Gasteiger partial charge in [-0.2, -0.15) is 0 Å². The summed E-state index contributed by atoms with van der Waals surface area (Å²) in [7, 11) is 0. The minimum absolute atomic E-state index is 0. The van der Waals surface area contributed by atoms with Crippen LogP contribution in [0.2, 0.25) is 0 Å². The van der Waals surface area contributed by atoms with Crippen molar-refractivity contribution in [1.82, 2.24) is 0 Å². The first-order chi connectivity index (χ1) is 6.13. The fourth-order valence-electron chi connectivity index (χ4n) is 1.73. The van der Waals surface area contributed by atoms with E-state index in [9.17, 15) is 5.21 Å². The summed E-state index contributed by atoms with van der Waals surface area (Å²) < 4.78 is 0. The maximum Gasteiger partial charge on any atom is 0.129 e. The van der Waals surface area contributed by atoms with E-state index in [0.29, 0.717) is 32.4 Å². The molecule has 0 fully saturated rings. The fraction of sp³-hybridized carbons (Fsp3) is 1.00. The third kappa shape index (κ3) is 4.54. The summed E-state index contributed by atoms with van der Waals surface area (Å²) in [6.07, 6.45) is 2.56. The van der Waals surface area contributed by atoms with Crippen molar-refractivity contribution in [2.24, 2.45) is 11.5 Å². The highest BCUT2D eigenvalue weighted by Gasteiger charge is 2.34. The molecule has 0 amide bonds. The molecule has 0 aliphatic heterocycles. The molecule has 5 nitrogen and oxygen atoms in total. The lowest BCUT2D eigenvalue weighted by Crippen LogP contribution is -3.14. The van der Waals surface area contributed by atoms with Gasteiger partial charge in [0.25, 0.3) is 0 Å². The first kappa shape index (κ1) is 16.5. The Bertz CT molecular complexity index is 119. The molecule has 0 aliphatic carbocycles. The van der Waals surface area contributed by atoms with Crippen molar-refractivity contribution in [3.05, 3.63) is 5.21 Å². The van der Waals surface area contributed by atoms with Crippen molar-refractivity contribution in [1.29, 1.82) is 0 Å².